The second kappa shape index (κ2) is 13.6. The second-order valence-corrected chi connectivity index (χ2v) is 10.6. The molecule has 0 aliphatic heterocycles. The molecule has 0 spiro atoms. The van der Waals surface area contributed by atoms with Crippen LogP contribution >= 0.6 is 0 Å². The maximum Gasteiger partial charge on any atom is 0.329 e. The van der Waals surface area contributed by atoms with Gasteiger partial charge in [0.25, 0.3) is 5.56 Å². The lowest BCUT2D eigenvalue weighted by atomic mass is 10.00. The van der Waals surface area contributed by atoms with Gasteiger partial charge >= 0.3 is 11.7 Å². The van der Waals surface area contributed by atoms with Gasteiger partial charge < -0.3 is 20.7 Å². The molecule has 4 N–H and O–H groups in total. The quantitative estimate of drug-likeness (QED) is 0.206. The summed E-state index contributed by atoms with van der Waals surface area (Å²) in [6, 6.07) is 20.7. The largest absolute Gasteiger partial charge is 0.480 e. The van der Waals surface area contributed by atoms with Crippen molar-refractivity contribution in [3.8, 4) is 0 Å². The van der Waals surface area contributed by atoms with Gasteiger partial charge in [-0.3, -0.25) is 14.4 Å². The standard InChI is InChI=1S/C32H34N4O6/c1-20(2)17-25(28(37)34-26(31(40)41)18-21-11-5-3-6-12-21)33-29(38)27(19-22-13-7-4-8-14-22)36-30(39)23-15-9-10-16-24(23)35-32(36)42/h3-16,20,25-27H,17-19H2,1-2H3,(H,33,38)(H,34,37)(H,35,42)(H,40,41)/t25-,26+,27+/m0/s1. The van der Waals surface area contributed by atoms with Crippen LogP contribution in [0.4, 0.5) is 0 Å². The Bertz CT molecular complexity index is 1660. The molecule has 218 valence electrons. The van der Waals surface area contributed by atoms with E-state index < -0.39 is 47.2 Å². The van der Waals surface area contributed by atoms with Crippen LogP contribution in [-0.2, 0) is 27.2 Å². The average molecular weight is 571 g/mol. The first kappa shape index (κ1) is 30.0. The van der Waals surface area contributed by atoms with Crippen LogP contribution in [0.3, 0.4) is 0 Å². The summed E-state index contributed by atoms with van der Waals surface area (Å²) in [7, 11) is 0. The zero-order chi connectivity index (χ0) is 30.2. The predicted molar refractivity (Wildman–Crippen MR) is 159 cm³/mol. The van der Waals surface area contributed by atoms with Gasteiger partial charge in [-0.05, 0) is 35.6 Å². The van der Waals surface area contributed by atoms with E-state index in [-0.39, 0.29) is 30.6 Å². The van der Waals surface area contributed by atoms with Crippen LogP contribution in [-0.4, -0.2) is 44.5 Å². The number of hydrogen-bond donors (Lipinski definition) is 4. The fraction of sp³-hybridized carbons (Fsp3) is 0.281. The molecule has 0 radical (unpaired) electrons. The zero-order valence-electron chi connectivity index (χ0n) is 23.4. The summed E-state index contributed by atoms with van der Waals surface area (Å²) < 4.78 is 0.879. The molecular formula is C32H34N4O6. The summed E-state index contributed by atoms with van der Waals surface area (Å²) in [4.78, 5) is 68.6. The van der Waals surface area contributed by atoms with Crippen molar-refractivity contribution in [1.82, 2.24) is 20.2 Å². The van der Waals surface area contributed by atoms with E-state index in [1.165, 1.54) is 0 Å². The van der Waals surface area contributed by atoms with Crippen LogP contribution in [0.15, 0.2) is 94.5 Å². The molecule has 10 heteroatoms. The Kier molecular flexibility index (Phi) is 9.69. The number of fused-ring (bicyclic) bond motifs is 1. The topological polar surface area (TPSA) is 150 Å². The van der Waals surface area contributed by atoms with E-state index >= 15 is 0 Å². The highest BCUT2D eigenvalue weighted by molar-refractivity contribution is 5.91. The van der Waals surface area contributed by atoms with Crippen molar-refractivity contribution in [1.29, 1.82) is 0 Å². The van der Waals surface area contributed by atoms with Gasteiger partial charge in [-0.2, -0.15) is 0 Å². The lowest BCUT2D eigenvalue weighted by molar-refractivity contribution is -0.142. The number of benzene rings is 3. The van der Waals surface area contributed by atoms with Crippen molar-refractivity contribution < 1.29 is 19.5 Å². The molecule has 0 bridgehead atoms. The fourth-order valence-corrected chi connectivity index (χ4v) is 4.89. The van der Waals surface area contributed by atoms with E-state index in [9.17, 15) is 29.1 Å². The molecule has 1 heterocycles. The zero-order valence-corrected chi connectivity index (χ0v) is 23.4. The van der Waals surface area contributed by atoms with Crippen LogP contribution in [0.25, 0.3) is 10.9 Å². The SMILES string of the molecule is CC(C)C[C@H](NC(=O)[C@@H](Cc1ccccc1)n1c(=O)[nH]c2ccccc2c1=O)C(=O)N[C@H](Cc1ccccc1)C(=O)O. The number of aliphatic carboxylic acids is 1. The first-order valence-corrected chi connectivity index (χ1v) is 13.8. The number of aromatic amines is 1. The minimum atomic E-state index is -1.28. The van der Waals surface area contributed by atoms with Crippen LogP contribution in [0.1, 0.15) is 37.4 Å². The van der Waals surface area contributed by atoms with Crippen LogP contribution in [0, 0.1) is 5.92 Å². The Morgan fingerprint density at radius 1 is 0.762 bits per heavy atom. The third kappa shape index (κ3) is 7.39. The number of para-hydroxylation sites is 1. The Balaban J connectivity index is 1.66. The third-order valence-electron chi connectivity index (χ3n) is 6.96. The molecule has 2 amide bonds. The van der Waals surface area contributed by atoms with Gasteiger partial charge in [-0.15, -0.1) is 0 Å². The molecule has 4 aromatic rings. The van der Waals surface area contributed by atoms with Crippen molar-refractivity contribution in [2.24, 2.45) is 5.92 Å². The van der Waals surface area contributed by atoms with E-state index in [2.05, 4.69) is 15.6 Å². The molecule has 0 aliphatic carbocycles. The molecule has 0 unspecified atom stereocenters. The Labute approximate surface area is 242 Å². The normalized spacial score (nSPS) is 13.3. The number of nitrogens with zero attached hydrogens (tertiary/aromatic N) is 1. The van der Waals surface area contributed by atoms with E-state index in [0.717, 1.165) is 10.1 Å². The van der Waals surface area contributed by atoms with Crippen LogP contribution in [0.2, 0.25) is 0 Å². The molecule has 3 aromatic carbocycles. The van der Waals surface area contributed by atoms with E-state index in [1.807, 2.05) is 26.0 Å². The molecule has 10 nitrogen and oxygen atoms in total. The smallest absolute Gasteiger partial charge is 0.329 e. The highest BCUT2D eigenvalue weighted by atomic mass is 16.4. The maximum absolute atomic E-state index is 13.9. The lowest BCUT2D eigenvalue weighted by Gasteiger charge is -2.26. The molecule has 0 aliphatic rings. The predicted octanol–water partition coefficient (Wildman–Crippen LogP) is 2.82. The summed E-state index contributed by atoms with van der Waals surface area (Å²) >= 11 is 0. The number of carbonyl (C=O) groups excluding carboxylic acids is 2. The van der Waals surface area contributed by atoms with Crippen molar-refractivity contribution in [3.63, 3.8) is 0 Å². The van der Waals surface area contributed by atoms with Gasteiger partial charge in [0.05, 0.1) is 10.9 Å². The molecular weight excluding hydrogens is 536 g/mol. The van der Waals surface area contributed by atoms with Crippen molar-refractivity contribution in [2.75, 3.05) is 0 Å². The molecule has 4 rings (SSSR count). The van der Waals surface area contributed by atoms with Gasteiger partial charge in [-0.25, -0.2) is 14.2 Å². The third-order valence-corrected chi connectivity index (χ3v) is 6.96. The molecule has 0 saturated heterocycles. The summed E-state index contributed by atoms with van der Waals surface area (Å²) in [5, 5.41) is 15.3. The summed E-state index contributed by atoms with van der Waals surface area (Å²) in [5.74, 6) is -2.63. The number of hydrogen-bond acceptors (Lipinski definition) is 5. The molecule has 42 heavy (non-hydrogen) atoms. The molecule has 0 saturated carbocycles. The Morgan fingerprint density at radius 3 is 1.90 bits per heavy atom. The first-order valence-electron chi connectivity index (χ1n) is 13.8. The number of H-pyrrole nitrogens is 1. The van der Waals surface area contributed by atoms with Gasteiger partial charge in [0.1, 0.15) is 18.1 Å². The fourth-order valence-electron chi connectivity index (χ4n) is 4.89. The maximum atomic E-state index is 13.9. The summed E-state index contributed by atoms with van der Waals surface area (Å²) in [6.07, 6.45) is 0.273. The van der Waals surface area contributed by atoms with E-state index in [4.69, 9.17) is 0 Å². The number of amides is 2. The minimum Gasteiger partial charge on any atom is -0.480 e. The number of rotatable bonds is 12. The van der Waals surface area contributed by atoms with E-state index in [1.54, 1.807) is 72.8 Å². The van der Waals surface area contributed by atoms with Gasteiger partial charge in [0, 0.05) is 12.8 Å². The number of carbonyl (C=O) groups is 3. The van der Waals surface area contributed by atoms with Gasteiger partial charge in [0.15, 0.2) is 0 Å². The number of carboxylic acids is 1. The summed E-state index contributed by atoms with van der Waals surface area (Å²) in [5.41, 5.74) is 0.388. The van der Waals surface area contributed by atoms with Crippen LogP contribution in [0.5, 0.6) is 0 Å². The number of nitrogens with one attached hydrogen (secondary N) is 3. The van der Waals surface area contributed by atoms with Gasteiger partial charge in [-0.1, -0.05) is 86.6 Å². The first-order chi connectivity index (χ1) is 20.1. The lowest BCUT2D eigenvalue weighted by Crippen LogP contribution is -2.55. The Morgan fingerprint density at radius 2 is 1.31 bits per heavy atom. The second-order valence-electron chi connectivity index (χ2n) is 10.6. The Hall–Kier alpha value is -4.99. The molecule has 1 aromatic heterocycles. The van der Waals surface area contributed by atoms with Crippen molar-refractivity contribution in [2.45, 2.75) is 51.2 Å². The highest BCUT2D eigenvalue weighted by Crippen LogP contribution is 2.16. The van der Waals surface area contributed by atoms with Gasteiger partial charge in [0.2, 0.25) is 11.8 Å². The minimum absolute atomic E-state index is 0.00970. The number of carboxylic acid groups (broad SMARTS) is 1. The molecule has 0 fully saturated rings. The van der Waals surface area contributed by atoms with E-state index in [0.29, 0.717) is 11.1 Å². The number of aromatic nitrogens is 2. The van der Waals surface area contributed by atoms with Crippen molar-refractivity contribution in [3.05, 3.63) is 117 Å². The molecule has 3 atom stereocenters. The van der Waals surface area contributed by atoms with Crippen LogP contribution < -0.4 is 21.9 Å². The highest BCUT2D eigenvalue weighted by Gasteiger charge is 2.32. The summed E-state index contributed by atoms with van der Waals surface area (Å²) in [6.45, 7) is 3.73. The monoisotopic (exact) mass is 570 g/mol. The van der Waals surface area contributed by atoms with Crippen molar-refractivity contribution >= 4 is 28.7 Å². The average Bonchev–Trinajstić information content (AvgIpc) is 2.96.